The lowest BCUT2D eigenvalue weighted by molar-refractivity contribution is 0.629. The Bertz CT molecular complexity index is 832. The number of fused-ring (bicyclic) bond motifs is 1. The number of benzene rings is 2. The largest absolute Gasteiger partial charge is 0.247 e. The zero-order valence-corrected chi connectivity index (χ0v) is 13.2. The van der Waals surface area contributed by atoms with Crippen LogP contribution in [0.4, 0.5) is 4.39 Å². The summed E-state index contributed by atoms with van der Waals surface area (Å²) in [6, 6.07) is 12.6. The fourth-order valence-corrected chi connectivity index (χ4v) is 3.05. The summed E-state index contributed by atoms with van der Waals surface area (Å²) in [5.74, 6) is -0.307. The Labute approximate surface area is 132 Å². The van der Waals surface area contributed by atoms with Crippen LogP contribution in [-0.2, 0) is 0 Å². The van der Waals surface area contributed by atoms with E-state index in [-0.39, 0.29) is 5.82 Å². The summed E-state index contributed by atoms with van der Waals surface area (Å²) in [6.45, 7) is 1.94. The molecule has 0 saturated heterocycles. The van der Waals surface area contributed by atoms with Crippen molar-refractivity contribution in [2.75, 3.05) is 6.26 Å². The Hall–Kier alpha value is -1.58. The van der Waals surface area contributed by atoms with Crippen molar-refractivity contribution in [1.82, 2.24) is 4.98 Å². The van der Waals surface area contributed by atoms with Gasteiger partial charge in [0, 0.05) is 21.9 Å². The molecule has 1 heterocycles. The van der Waals surface area contributed by atoms with Crippen molar-refractivity contribution in [1.29, 1.82) is 0 Å². The minimum atomic E-state index is -0.307. The van der Waals surface area contributed by atoms with Crippen molar-refractivity contribution >= 4 is 34.3 Å². The summed E-state index contributed by atoms with van der Waals surface area (Å²) in [5, 5.41) is 1.41. The van der Waals surface area contributed by atoms with Gasteiger partial charge >= 0.3 is 0 Å². The number of aromatic nitrogens is 1. The third-order valence-electron chi connectivity index (χ3n) is 3.46. The maximum Gasteiger partial charge on any atom is 0.125 e. The third kappa shape index (κ3) is 2.63. The van der Waals surface area contributed by atoms with Gasteiger partial charge < -0.3 is 0 Å². The van der Waals surface area contributed by atoms with Crippen LogP contribution >= 0.6 is 23.4 Å². The molecule has 21 heavy (non-hydrogen) atoms. The molecule has 0 aliphatic carbocycles. The first-order valence-corrected chi connectivity index (χ1v) is 8.10. The monoisotopic (exact) mass is 317 g/mol. The minimum absolute atomic E-state index is 0.307. The van der Waals surface area contributed by atoms with Gasteiger partial charge in [-0.05, 0) is 43.0 Å². The van der Waals surface area contributed by atoms with Crippen molar-refractivity contribution < 1.29 is 4.39 Å². The van der Waals surface area contributed by atoms with Gasteiger partial charge in [0.05, 0.1) is 16.2 Å². The first-order chi connectivity index (χ1) is 10.1. The predicted molar refractivity (Wildman–Crippen MR) is 88.7 cm³/mol. The van der Waals surface area contributed by atoms with Gasteiger partial charge in [-0.1, -0.05) is 23.7 Å². The Morgan fingerprint density at radius 3 is 2.71 bits per heavy atom. The Morgan fingerprint density at radius 2 is 1.95 bits per heavy atom. The van der Waals surface area contributed by atoms with Crippen molar-refractivity contribution in [3.63, 3.8) is 0 Å². The number of pyridine rings is 1. The van der Waals surface area contributed by atoms with E-state index in [0.717, 1.165) is 27.1 Å². The van der Waals surface area contributed by atoms with E-state index in [0.29, 0.717) is 10.5 Å². The molecule has 0 fully saturated rings. The van der Waals surface area contributed by atoms with E-state index >= 15 is 0 Å². The summed E-state index contributed by atoms with van der Waals surface area (Å²) in [6.07, 6.45) is 2.03. The van der Waals surface area contributed by atoms with E-state index in [1.54, 1.807) is 17.8 Å². The summed E-state index contributed by atoms with van der Waals surface area (Å²) >= 11 is 8.11. The molecule has 0 amide bonds. The molecule has 0 spiro atoms. The first kappa shape index (κ1) is 14.4. The van der Waals surface area contributed by atoms with Gasteiger partial charge in [-0.15, -0.1) is 11.8 Å². The third-order valence-corrected chi connectivity index (χ3v) is 4.67. The minimum Gasteiger partial charge on any atom is -0.247 e. The molecule has 0 aliphatic heterocycles. The predicted octanol–water partition coefficient (Wildman–Crippen LogP) is 5.72. The van der Waals surface area contributed by atoms with Crippen LogP contribution < -0.4 is 0 Å². The van der Waals surface area contributed by atoms with Crippen LogP contribution in [0, 0.1) is 12.7 Å². The highest BCUT2D eigenvalue weighted by Crippen LogP contribution is 2.34. The summed E-state index contributed by atoms with van der Waals surface area (Å²) < 4.78 is 13.4. The Balaban J connectivity index is 2.29. The van der Waals surface area contributed by atoms with Crippen molar-refractivity contribution in [3.8, 4) is 11.3 Å². The van der Waals surface area contributed by atoms with Gasteiger partial charge in [-0.3, -0.25) is 0 Å². The van der Waals surface area contributed by atoms with Crippen LogP contribution in [0.5, 0.6) is 0 Å². The lowest BCUT2D eigenvalue weighted by Gasteiger charge is -2.11. The van der Waals surface area contributed by atoms with Crippen LogP contribution in [0.3, 0.4) is 0 Å². The molecule has 0 aliphatic rings. The van der Waals surface area contributed by atoms with Crippen LogP contribution in [0.25, 0.3) is 22.2 Å². The molecule has 1 nitrogen and oxygen atoms in total. The summed E-state index contributed by atoms with van der Waals surface area (Å²) in [5.41, 5.74) is 3.28. The van der Waals surface area contributed by atoms with E-state index in [2.05, 4.69) is 11.1 Å². The van der Waals surface area contributed by atoms with Gasteiger partial charge in [-0.2, -0.15) is 0 Å². The van der Waals surface area contributed by atoms with Gasteiger partial charge in [0.25, 0.3) is 0 Å². The van der Waals surface area contributed by atoms with Gasteiger partial charge in [0.15, 0.2) is 0 Å². The van der Waals surface area contributed by atoms with Crippen LogP contribution in [0.15, 0.2) is 47.4 Å². The zero-order chi connectivity index (χ0) is 15.0. The second-order valence-corrected chi connectivity index (χ2v) is 6.05. The van der Waals surface area contributed by atoms with Crippen LogP contribution in [-0.4, -0.2) is 11.2 Å². The van der Waals surface area contributed by atoms with Crippen molar-refractivity contribution in [2.45, 2.75) is 11.8 Å². The van der Waals surface area contributed by atoms with Crippen molar-refractivity contribution in [3.05, 3.63) is 58.9 Å². The van der Waals surface area contributed by atoms with Gasteiger partial charge in [-0.25, -0.2) is 9.37 Å². The van der Waals surface area contributed by atoms with E-state index in [1.165, 1.54) is 12.1 Å². The number of halogens is 2. The lowest BCUT2D eigenvalue weighted by Crippen LogP contribution is -1.93. The Morgan fingerprint density at radius 1 is 1.14 bits per heavy atom. The van der Waals surface area contributed by atoms with Crippen molar-refractivity contribution in [2.24, 2.45) is 0 Å². The fourth-order valence-electron chi connectivity index (χ4n) is 2.34. The highest BCUT2D eigenvalue weighted by Gasteiger charge is 2.12. The molecule has 1 aromatic heterocycles. The molecule has 0 atom stereocenters. The number of rotatable bonds is 2. The molecule has 0 bridgehead atoms. The maximum absolute atomic E-state index is 13.4. The van der Waals surface area contributed by atoms with Crippen LogP contribution in [0.1, 0.15) is 5.56 Å². The van der Waals surface area contributed by atoms with Crippen LogP contribution in [0.2, 0.25) is 5.02 Å². The Kier molecular flexibility index (Phi) is 3.87. The molecular weight excluding hydrogens is 305 g/mol. The summed E-state index contributed by atoms with van der Waals surface area (Å²) in [4.78, 5) is 5.77. The molecule has 2 aromatic carbocycles. The number of hydrogen-bond acceptors (Lipinski definition) is 2. The van der Waals surface area contributed by atoms with E-state index in [9.17, 15) is 4.39 Å². The number of thioether (sulfide) groups is 1. The smallest absolute Gasteiger partial charge is 0.125 e. The van der Waals surface area contributed by atoms with E-state index in [1.807, 2.05) is 31.4 Å². The highest BCUT2D eigenvalue weighted by atomic mass is 35.5. The molecule has 0 unspecified atom stereocenters. The topological polar surface area (TPSA) is 12.9 Å². The quantitative estimate of drug-likeness (QED) is 0.560. The average Bonchev–Trinajstić information content (AvgIpc) is 2.50. The second kappa shape index (κ2) is 5.66. The molecule has 0 N–H and O–H groups in total. The summed E-state index contributed by atoms with van der Waals surface area (Å²) in [7, 11) is 0. The normalized spacial score (nSPS) is 11.0. The molecule has 0 radical (unpaired) electrons. The number of hydrogen-bond donors (Lipinski definition) is 0. The van der Waals surface area contributed by atoms with Gasteiger partial charge in [0.1, 0.15) is 5.82 Å². The molecular formula is C17H13ClFNS. The molecule has 106 valence electrons. The lowest BCUT2D eigenvalue weighted by atomic mass is 10.0. The fraction of sp³-hybridized carbons (Fsp3) is 0.118. The number of nitrogens with zero attached hydrogens (tertiary/aromatic N) is 1. The SMILES string of the molecule is CSc1cccc(-c2nc3cc(F)ccc3c(Cl)c2C)c1. The zero-order valence-electron chi connectivity index (χ0n) is 11.7. The first-order valence-electron chi connectivity index (χ1n) is 6.50. The highest BCUT2D eigenvalue weighted by molar-refractivity contribution is 7.98. The molecule has 3 aromatic rings. The van der Waals surface area contributed by atoms with E-state index < -0.39 is 0 Å². The molecule has 3 rings (SSSR count). The molecule has 4 heteroatoms. The van der Waals surface area contributed by atoms with E-state index in [4.69, 9.17) is 11.6 Å². The molecule has 0 saturated carbocycles. The van der Waals surface area contributed by atoms with Gasteiger partial charge in [0.2, 0.25) is 0 Å². The standard InChI is InChI=1S/C17H13ClFNS/c1-10-16(18)14-7-6-12(19)9-15(14)20-17(10)11-4-3-5-13(8-11)21-2/h3-9H,1-2H3. The second-order valence-electron chi connectivity index (χ2n) is 4.79. The maximum atomic E-state index is 13.4. The average molecular weight is 318 g/mol.